The van der Waals surface area contributed by atoms with E-state index >= 15 is 0 Å². The van der Waals surface area contributed by atoms with E-state index in [0.29, 0.717) is 19.3 Å². The van der Waals surface area contributed by atoms with Crippen LogP contribution in [0.15, 0.2) is 0 Å². The predicted octanol–water partition coefficient (Wildman–Crippen LogP) is 1.31. The standard InChI is InChI=1S/C12H23NO2/c1-10(8-11-2-3-11)13-9-12(14)4-6-15-7-5-12/h10-11,13-14H,2-9H2,1H3. The molecule has 2 rings (SSSR count). The van der Waals surface area contributed by atoms with Gasteiger partial charge in [-0.1, -0.05) is 12.8 Å². The Labute approximate surface area is 92.2 Å². The van der Waals surface area contributed by atoms with Crippen molar-refractivity contribution >= 4 is 0 Å². The number of ether oxygens (including phenoxy) is 1. The van der Waals surface area contributed by atoms with E-state index in [-0.39, 0.29) is 0 Å². The SMILES string of the molecule is CC(CC1CC1)NCC1(O)CCOCC1. The summed E-state index contributed by atoms with van der Waals surface area (Å²) in [6, 6.07) is 0.546. The highest BCUT2D eigenvalue weighted by atomic mass is 16.5. The third-order valence-corrected chi connectivity index (χ3v) is 3.59. The molecule has 2 N–H and O–H groups in total. The fourth-order valence-electron chi connectivity index (χ4n) is 2.23. The summed E-state index contributed by atoms with van der Waals surface area (Å²) in [5.74, 6) is 0.955. The normalized spacial score (nSPS) is 27.6. The summed E-state index contributed by atoms with van der Waals surface area (Å²) < 4.78 is 5.26. The van der Waals surface area contributed by atoms with Crippen molar-refractivity contribution in [3.05, 3.63) is 0 Å². The first-order valence-electron chi connectivity index (χ1n) is 6.21. The number of hydrogen-bond acceptors (Lipinski definition) is 3. The van der Waals surface area contributed by atoms with Gasteiger partial charge in [-0.05, 0) is 19.3 Å². The molecule has 0 aromatic heterocycles. The molecule has 1 atom stereocenters. The van der Waals surface area contributed by atoms with Crippen LogP contribution in [0.4, 0.5) is 0 Å². The van der Waals surface area contributed by atoms with Gasteiger partial charge in [0.25, 0.3) is 0 Å². The zero-order chi connectivity index (χ0) is 10.7. The van der Waals surface area contributed by atoms with Crippen molar-refractivity contribution in [2.45, 2.75) is 50.7 Å². The van der Waals surface area contributed by atoms with Crippen LogP contribution in [0.1, 0.15) is 39.0 Å². The maximum absolute atomic E-state index is 10.2. The van der Waals surface area contributed by atoms with Gasteiger partial charge in [0.05, 0.1) is 5.60 Å². The average molecular weight is 213 g/mol. The Morgan fingerprint density at radius 1 is 1.40 bits per heavy atom. The molecule has 3 nitrogen and oxygen atoms in total. The Kier molecular flexibility index (Phi) is 3.65. The minimum absolute atomic E-state index is 0.518. The molecule has 3 heteroatoms. The molecule has 0 bridgehead atoms. The second kappa shape index (κ2) is 4.81. The van der Waals surface area contributed by atoms with Crippen molar-refractivity contribution in [3.63, 3.8) is 0 Å². The fourth-order valence-corrected chi connectivity index (χ4v) is 2.23. The Morgan fingerprint density at radius 2 is 2.07 bits per heavy atom. The summed E-state index contributed by atoms with van der Waals surface area (Å²) in [4.78, 5) is 0. The van der Waals surface area contributed by atoms with Crippen molar-refractivity contribution in [2.24, 2.45) is 5.92 Å². The van der Waals surface area contributed by atoms with Crippen molar-refractivity contribution in [1.82, 2.24) is 5.32 Å². The van der Waals surface area contributed by atoms with Gasteiger partial charge in [-0.25, -0.2) is 0 Å². The molecule has 1 heterocycles. The van der Waals surface area contributed by atoms with Gasteiger partial charge in [-0.3, -0.25) is 0 Å². The Bertz CT molecular complexity index is 198. The molecule has 0 amide bonds. The number of nitrogens with one attached hydrogen (secondary N) is 1. The van der Waals surface area contributed by atoms with Crippen molar-refractivity contribution in [2.75, 3.05) is 19.8 Å². The molecule has 1 aliphatic heterocycles. The zero-order valence-electron chi connectivity index (χ0n) is 9.67. The van der Waals surface area contributed by atoms with Crippen LogP contribution in [0.25, 0.3) is 0 Å². The second-order valence-electron chi connectivity index (χ2n) is 5.30. The summed E-state index contributed by atoms with van der Waals surface area (Å²) >= 11 is 0. The summed E-state index contributed by atoms with van der Waals surface area (Å²) in [5.41, 5.74) is -0.518. The molecule has 0 aromatic rings. The molecule has 2 aliphatic rings. The van der Waals surface area contributed by atoms with E-state index in [4.69, 9.17) is 4.74 Å². The minimum Gasteiger partial charge on any atom is -0.388 e. The van der Waals surface area contributed by atoms with Crippen LogP contribution >= 0.6 is 0 Å². The van der Waals surface area contributed by atoms with E-state index in [2.05, 4.69) is 12.2 Å². The van der Waals surface area contributed by atoms with Gasteiger partial charge >= 0.3 is 0 Å². The third-order valence-electron chi connectivity index (χ3n) is 3.59. The monoisotopic (exact) mass is 213 g/mol. The van der Waals surface area contributed by atoms with Crippen LogP contribution < -0.4 is 5.32 Å². The van der Waals surface area contributed by atoms with E-state index in [0.717, 1.165) is 25.3 Å². The molecule has 15 heavy (non-hydrogen) atoms. The van der Waals surface area contributed by atoms with Crippen molar-refractivity contribution in [1.29, 1.82) is 0 Å². The summed E-state index contributed by atoms with van der Waals surface area (Å²) in [6.07, 6.45) is 5.63. The molecule has 88 valence electrons. The van der Waals surface area contributed by atoms with E-state index in [1.165, 1.54) is 19.3 Å². The summed E-state index contributed by atoms with van der Waals surface area (Å²) in [7, 11) is 0. The lowest BCUT2D eigenvalue weighted by Gasteiger charge is -2.33. The average Bonchev–Trinajstić information content (AvgIpc) is 3.00. The Morgan fingerprint density at radius 3 is 2.67 bits per heavy atom. The molecule has 0 radical (unpaired) electrons. The van der Waals surface area contributed by atoms with E-state index in [9.17, 15) is 5.11 Å². The molecule has 1 aliphatic carbocycles. The molecule has 1 saturated carbocycles. The van der Waals surface area contributed by atoms with Crippen LogP contribution in [-0.2, 0) is 4.74 Å². The van der Waals surface area contributed by atoms with Crippen LogP contribution in [0.5, 0.6) is 0 Å². The van der Waals surface area contributed by atoms with Gasteiger partial charge in [-0.15, -0.1) is 0 Å². The zero-order valence-corrected chi connectivity index (χ0v) is 9.67. The van der Waals surface area contributed by atoms with E-state index in [1.807, 2.05) is 0 Å². The van der Waals surface area contributed by atoms with Gasteiger partial charge in [-0.2, -0.15) is 0 Å². The highest BCUT2D eigenvalue weighted by Gasteiger charge is 2.30. The first-order valence-corrected chi connectivity index (χ1v) is 6.21. The molecule has 2 fully saturated rings. The lowest BCUT2D eigenvalue weighted by molar-refractivity contribution is -0.0627. The number of hydrogen-bond donors (Lipinski definition) is 2. The molecular weight excluding hydrogens is 190 g/mol. The highest BCUT2D eigenvalue weighted by molar-refractivity contribution is 4.85. The first kappa shape index (κ1) is 11.4. The third kappa shape index (κ3) is 3.74. The van der Waals surface area contributed by atoms with Gasteiger partial charge < -0.3 is 15.2 Å². The van der Waals surface area contributed by atoms with Gasteiger partial charge in [0.2, 0.25) is 0 Å². The molecule has 1 saturated heterocycles. The van der Waals surface area contributed by atoms with Gasteiger partial charge in [0, 0.05) is 38.6 Å². The van der Waals surface area contributed by atoms with Gasteiger partial charge in [0.1, 0.15) is 0 Å². The summed E-state index contributed by atoms with van der Waals surface area (Å²) in [5, 5.41) is 13.7. The van der Waals surface area contributed by atoms with E-state index in [1.54, 1.807) is 0 Å². The van der Waals surface area contributed by atoms with Crippen molar-refractivity contribution in [3.8, 4) is 0 Å². The largest absolute Gasteiger partial charge is 0.388 e. The van der Waals surface area contributed by atoms with Crippen LogP contribution in [0.3, 0.4) is 0 Å². The smallest absolute Gasteiger partial charge is 0.0815 e. The van der Waals surface area contributed by atoms with Crippen LogP contribution in [0, 0.1) is 5.92 Å². The topological polar surface area (TPSA) is 41.5 Å². The fraction of sp³-hybridized carbons (Fsp3) is 1.00. The van der Waals surface area contributed by atoms with E-state index < -0.39 is 5.60 Å². The molecule has 0 aromatic carbocycles. The van der Waals surface area contributed by atoms with Gasteiger partial charge in [0.15, 0.2) is 0 Å². The highest BCUT2D eigenvalue weighted by Crippen LogP contribution is 2.33. The predicted molar refractivity (Wildman–Crippen MR) is 59.8 cm³/mol. The lowest BCUT2D eigenvalue weighted by Crippen LogP contribution is -2.47. The minimum atomic E-state index is -0.518. The maximum atomic E-state index is 10.2. The number of aliphatic hydroxyl groups is 1. The molecule has 1 unspecified atom stereocenters. The maximum Gasteiger partial charge on any atom is 0.0815 e. The van der Waals surface area contributed by atoms with Crippen molar-refractivity contribution < 1.29 is 9.84 Å². The Balaban J connectivity index is 1.65. The van der Waals surface area contributed by atoms with Crippen LogP contribution in [0.2, 0.25) is 0 Å². The molecular formula is C12H23NO2. The Hall–Kier alpha value is -0.120. The quantitative estimate of drug-likeness (QED) is 0.723. The first-order chi connectivity index (χ1) is 7.18. The van der Waals surface area contributed by atoms with Crippen LogP contribution in [-0.4, -0.2) is 36.5 Å². The molecule has 0 spiro atoms. The lowest BCUT2D eigenvalue weighted by atomic mass is 9.94. The number of rotatable bonds is 5. The summed E-state index contributed by atoms with van der Waals surface area (Å²) in [6.45, 7) is 4.36. The second-order valence-corrected chi connectivity index (χ2v) is 5.30.